The highest BCUT2D eigenvalue weighted by atomic mass is 32.1. The highest BCUT2D eigenvalue weighted by Crippen LogP contribution is 2.25. The number of thiophene rings is 1. The topological polar surface area (TPSA) is 40.5 Å². The largest absolute Gasteiger partial charge is 0.481 e. The van der Waals surface area contributed by atoms with Crippen LogP contribution in [-0.2, 0) is 16.8 Å². The minimum absolute atomic E-state index is 0.474. The van der Waals surface area contributed by atoms with Gasteiger partial charge in [0.05, 0.1) is 0 Å². The molecule has 0 aliphatic carbocycles. The maximum atomic E-state index is 11.7. The maximum Gasteiger partial charge on any atom is 0.315 e. The summed E-state index contributed by atoms with van der Waals surface area (Å²) in [5, 5.41) is 13.8. The Bertz CT molecular complexity index is 553. The van der Waals surface area contributed by atoms with Crippen LogP contribution in [0.2, 0.25) is 0 Å². The molecule has 1 heterocycles. The van der Waals surface area contributed by atoms with E-state index in [0.717, 1.165) is 12.1 Å². The van der Waals surface area contributed by atoms with Gasteiger partial charge >= 0.3 is 5.97 Å². The molecule has 1 atom stereocenters. The second-order valence-corrected chi connectivity index (χ2v) is 6.09. The van der Waals surface area contributed by atoms with E-state index in [1.54, 1.807) is 18.3 Å². The van der Waals surface area contributed by atoms with E-state index in [1.807, 2.05) is 42.8 Å². The Morgan fingerprint density at radius 1 is 1.30 bits per heavy atom. The van der Waals surface area contributed by atoms with Crippen molar-refractivity contribution in [2.45, 2.75) is 18.9 Å². The highest BCUT2D eigenvalue weighted by molar-refractivity contribution is 7.07. The smallest absolute Gasteiger partial charge is 0.315 e. The predicted octanol–water partition coefficient (Wildman–Crippen LogP) is 3.22. The lowest BCUT2D eigenvalue weighted by Crippen LogP contribution is -2.43. The normalized spacial score (nSPS) is 14.2. The second-order valence-electron chi connectivity index (χ2n) is 5.31. The van der Waals surface area contributed by atoms with Crippen LogP contribution in [0.1, 0.15) is 18.1 Å². The molecule has 0 aliphatic rings. The predicted molar refractivity (Wildman–Crippen MR) is 82.1 cm³/mol. The zero-order valence-corrected chi connectivity index (χ0v) is 12.6. The van der Waals surface area contributed by atoms with Crippen molar-refractivity contribution in [1.29, 1.82) is 0 Å². The highest BCUT2D eigenvalue weighted by Gasteiger charge is 2.36. The van der Waals surface area contributed by atoms with Gasteiger partial charge in [-0.15, -0.1) is 0 Å². The number of nitrogens with zero attached hydrogens (tertiary/aromatic N) is 1. The fourth-order valence-electron chi connectivity index (χ4n) is 2.38. The molecule has 0 saturated heterocycles. The summed E-state index contributed by atoms with van der Waals surface area (Å²) in [6.45, 7) is 3.02. The van der Waals surface area contributed by atoms with Crippen LogP contribution >= 0.6 is 11.3 Å². The summed E-state index contributed by atoms with van der Waals surface area (Å²) in [5.74, 6) is -0.791. The lowest BCUT2D eigenvalue weighted by atomic mass is 9.82. The van der Waals surface area contributed by atoms with Crippen LogP contribution in [0.3, 0.4) is 0 Å². The molecule has 4 heteroatoms. The third-order valence-electron chi connectivity index (χ3n) is 3.50. The first-order valence-electron chi connectivity index (χ1n) is 6.51. The molecule has 1 aromatic carbocycles. The van der Waals surface area contributed by atoms with Crippen LogP contribution in [0, 0.1) is 0 Å². The third-order valence-corrected chi connectivity index (χ3v) is 4.23. The molecule has 0 aliphatic heterocycles. The molecule has 0 spiro atoms. The van der Waals surface area contributed by atoms with Crippen LogP contribution in [0.5, 0.6) is 0 Å². The van der Waals surface area contributed by atoms with Gasteiger partial charge in [0.2, 0.25) is 0 Å². The molecule has 1 unspecified atom stereocenters. The van der Waals surface area contributed by atoms with Crippen molar-refractivity contribution in [3.05, 3.63) is 58.3 Å². The Kier molecular flexibility index (Phi) is 4.57. The monoisotopic (exact) mass is 289 g/mol. The Balaban J connectivity index is 2.15. The fourth-order valence-corrected chi connectivity index (χ4v) is 3.04. The first kappa shape index (κ1) is 14.8. The number of aliphatic carboxylic acids is 1. The zero-order chi connectivity index (χ0) is 14.6. The zero-order valence-electron chi connectivity index (χ0n) is 11.7. The fraction of sp³-hybridized carbons (Fsp3) is 0.312. The van der Waals surface area contributed by atoms with Gasteiger partial charge in [-0.3, -0.25) is 4.79 Å². The molecular formula is C16H19NO2S. The SMILES string of the molecule is CN(Cc1ccsc1)CC(C)(C(=O)O)c1ccccc1. The van der Waals surface area contributed by atoms with Gasteiger partial charge in [0.15, 0.2) is 0 Å². The van der Waals surface area contributed by atoms with Crippen LogP contribution in [0.15, 0.2) is 47.2 Å². The molecule has 2 rings (SSSR count). The molecule has 1 aromatic heterocycles. The van der Waals surface area contributed by atoms with Crippen molar-refractivity contribution in [2.75, 3.05) is 13.6 Å². The van der Waals surface area contributed by atoms with E-state index in [9.17, 15) is 9.90 Å². The Morgan fingerprint density at radius 3 is 2.55 bits per heavy atom. The Labute approximate surface area is 123 Å². The van der Waals surface area contributed by atoms with Gasteiger partial charge in [-0.25, -0.2) is 0 Å². The van der Waals surface area contributed by atoms with E-state index in [1.165, 1.54) is 5.56 Å². The van der Waals surface area contributed by atoms with Crippen molar-refractivity contribution in [2.24, 2.45) is 0 Å². The summed E-state index contributed by atoms with van der Waals surface area (Å²) < 4.78 is 0. The minimum atomic E-state index is -0.897. The third kappa shape index (κ3) is 3.26. The van der Waals surface area contributed by atoms with Gasteiger partial charge in [0.1, 0.15) is 5.41 Å². The standard InChI is InChI=1S/C16H19NO2S/c1-16(15(18)19,14-6-4-3-5-7-14)12-17(2)10-13-8-9-20-11-13/h3-9,11H,10,12H2,1-2H3,(H,18,19). The summed E-state index contributed by atoms with van der Waals surface area (Å²) in [6.07, 6.45) is 0. The van der Waals surface area contributed by atoms with E-state index in [4.69, 9.17) is 0 Å². The summed E-state index contributed by atoms with van der Waals surface area (Å²) in [6, 6.07) is 11.5. The summed E-state index contributed by atoms with van der Waals surface area (Å²) in [5.41, 5.74) is 1.16. The van der Waals surface area contributed by atoms with Crippen LogP contribution in [-0.4, -0.2) is 29.6 Å². The number of rotatable bonds is 6. The molecule has 0 bridgehead atoms. The number of benzene rings is 1. The van der Waals surface area contributed by atoms with E-state index in [0.29, 0.717) is 6.54 Å². The number of carboxylic acid groups (broad SMARTS) is 1. The minimum Gasteiger partial charge on any atom is -0.481 e. The molecule has 1 N–H and O–H groups in total. The van der Waals surface area contributed by atoms with Crippen LogP contribution in [0.25, 0.3) is 0 Å². The van der Waals surface area contributed by atoms with Gasteiger partial charge in [-0.05, 0) is 41.9 Å². The number of hydrogen-bond donors (Lipinski definition) is 1. The Morgan fingerprint density at radius 2 is 2.00 bits per heavy atom. The summed E-state index contributed by atoms with van der Waals surface area (Å²) in [7, 11) is 1.96. The van der Waals surface area contributed by atoms with E-state index in [2.05, 4.69) is 16.3 Å². The van der Waals surface area contributed by atoms with E-state index in [-0.39, 0.29) is 0 Å². The van der Waals surface area contributed by atoms with Gasteiger partial charge < -0.3 is 10.0 Å². The number of carboxylic acids is 1. The molecule has 0 radical (unpaired) electrons. The molecule has 3 nitrogen and oxygen atoms in total. The molecule has 0 amide bonds. The van der Waals surface area contributed by atoms with Crippen LogP contribution < -0.4 is 0 Å². The maximum absolute atomic E-state index is 11.7. The van der Waals surface area contributed by atoms with Gasteiger partial charge in [0.25, 0.3) is 0 Å². The second kappa shape index (κ2) is 6.20. The van der Waals surface area contributed by atoms with E-state index < -0.39 is 11.4 Å². The first-order chi connectivity index (χ1) is 9.52. The van der Waals surface area contributed by atoms with E-state index >= 15 is 0 Å². The van der Waals surface area contributed by atoms with Crippen molar-refractivity contribution in [1.82, 2.24) is 4.90 Å². The van der Waals surface area contributed by atoms with Gasteiger partial charge in [0, 0.05) is 13.1 Å². The first-order valence-corrected chi connectivity index (χ1v) is 7.45. The Hall–Kier alpha value is -1.65. The molecular weight excluding hydrogens is 270 g/mol. The summed E-state index contributed by atoms with van der Waals surface area (Å²) in [4.78, 5) is 13.8. The number of hydrogen-bond acceptors (Lipinski definition) is 3. The van der Waals surface area contributed by atoms with Crippen molar-refractivity contribution in [3.63, 3.8) is 0 Å². The van der Waals surface area contributed by atoms with Gasteiger partial charge in [-0.2, -0.15) is 11.3 Å². The van der Waals surface area contributed by atoms with Gasteiger partial charge in [-0.1, -0.05) is 30.3 Å². The van der Waals surface area contributed by atoms with Crippen LogP contribution in [0.4, 0.5) is 0 Å². The molecule has 0 saturated carbocycles. The average molecular weight is 289 g/mol. The quantitative estimate of drug-likeness (QED) is 0.887. The average Bonchev–Trinajstić information content (AvgIpc) is 2.92. The molecule has 20 heavy (non-hydrogen) atoms. The lowest BCUT2D eigenvalue weighted by molar-refractivity contribution is -0.144. The van der Waals surface area contributed by atoms with Crippen molar-refractivity contribution < 1.29 is 9.90 Å². The lowest BCUT2D eigenvalue weighted by Gasteiger charge is -2.30. The number of carbonyl (C=O) groups is 1. The molecule has 0 fully saturated rings. The molecule has 2 aromatic rings. The molecule has 106 valence electrons. The summed E-state index contributed by atoms with van der Waals surface area (Å²) >= 11 is 1.66. The number of likely N-dealkylation sites (N-methyl/N-ethyl adjacent to an activating group) is 1. The van der Waals surface area contributed by atoms with Crippen molar-refractivity contribution in [3.8, 4) is 0 Å². The van der Waals surface area contributed by atoms with Crippen molar-refractivity contribution >= 4 is 17.3 Å².